The van der Waals surface area contributed by atoms with E-state index in [2.05, 4.69) is 10.4 Å². The molecule has 0 aliphatic carbocycles. The van der Waals surface area contributed by atoms with E-state index in [4.69, 9.17) is 16.3 Å². The molecule has 0 atom stereocenters. The molecule has 0 bridgehead atoms. The number of ether oxygens (including phenoxy) is 1. The molecule has 0 aliphatic rings. The van der Waals surface area contributed by atoms with Crippen LogP contribution in [0.4, 0.5) is 10.1 Å². The molecule has 1 aromatic heterocycles. The Hall–Kier alpha value is -2.08. The number of carbonyl (C=O) groups is 1. The van der Waals surface area contributed by atoms with Gasteiger partial charge in [0.05, 0.1) is 22.1 Å². The van der Waals surface area contributed by atoms with E-state index in [1.165, 1.54) is 12.1 Å². The lowest BCUT2D eigenvalue weighted by atomic mass is 10.3. The average molecular weight is 312 g/mol. The van der Waals surface area contributed by atoms with E-state index in [1.54, 1.807) is 18.7 Å². The SMILES string of the molecule is Cc1nn(C)c(C)c1NC(=O)COc1ccc(F)cc1Cl. The molecule has 1 amide bonds. The molecule has 0 spiro atoms. The van der Waals surface area contributed by atoms with Gasteiger partial charge in [-0.2, -0.15) is 5.10 Å². The largest absolute Gasteiger partial charge is 0.482 e. The van der Waals surface area contributed by atoms with Crippen molar-refractivity contribution in [2.24, 2.45) is 7.05 Å². The third kappa shape index (κ3) is 3.52. The van der Waals surface area contributed by atoms with Crippen LogP contribution in [0.15, 0.2) is 18.2 Å². The summed E-state index contributed by atoms with van der Waals surface area (Å²) in [5, 5.41) is 7.06. The lowest BCUT2D eigenvalue weighted by Gasteiger charge is -2.09. The Morgan fingerprint density at radius 2 is 2.19 bits per heavy atom. The summed E-state index contributed by atoms with van der Waals surface area (Å²) in [6, 6.07) is 3.73. The van der Waals surface area contributed by atoms with Crippen LogP contribution in [-0.2, 0) is 11.8 Å². The number of hydrogen-bond acceptors (Lipinski definition) is 3. The maximum Gasteiger partial charge on any atom is 0.262 e. The fourth-order valence-corrected chi connectivity index (χ4v) is 2.09. The van der Waals surface area contributed by atoms with E-state index >= 15 is 0 Å². The second-order valence-corrected chi connectivity index (χ2v) is 4.99. The molecule has 0 saturated heterocycles. The van der Waals surface area contributed by atoms with E-state index < -0.39 is 5.82 Å². The average Bonchev–Trinajstić information content (AvgIpc) is 2.64. The number of benzene rings is 1. The Kier molecular flexibility index (Phi) is 4.47. The normalized spacial score (nSPS) is 10.5. The van der Waals surface area contributed by atoms with Crippen LogP contribution in [0.5, 0.6) is 5.75 Å². The Labute approximate surface area is 126 Å². The summed E-state index contributed by atoms with van der Waals surface area (Å²) < 4.78 is 19.9. The number of nitrogens with zero attached hydrogens (tertiary/aromatic N) is 2. The molecule has 0 radical (unpaired) electrons. The molecule has 7 heteroatoms. The molecule has 1 heterocycles. The molecule has 0 fully saturated rings. The van der Waals surface area contributed by atoms with Gasteiger partial charge >= 0.3 is 0 Å². The highest BCUT2D eigenvalue weighted by atomic mass is 35.5. The Balaban J connectivity index is 1.99. The highest BCUT2D eigenvalue weighted by Crippen LogP contribution is 2.25. The van der Waals surface area contributed by atoms with Crippen LogP contribution in [0.1, 0.15) is 11.4 Å². The Morgan fingerprint density at radius 1 is 1.48 bits per heavy atom. The lowest BCUT2D eigenvalue weighted by Crippen LogP contribution is -2.21. The van der Waals surface area contributed by atoms with Crippen LogP contribution in [0.25, 0.3) is 0 Å². The predicted octanol–water partition coefficient (Wildman–Crippen LogP) is 2.85. The highest BCUT2D eigenvalue weighted by Gasteiger charge is 2.13. The zero-order valence-corrected chi connectivity index (χ0v) is 12.7. The van der Waals surface area contributed by atoms with Crippen LogP contribution >= 0.6 is 11.6 Å². The van der Waals surface area contributed by atoms with Crippen molar-refractivity contribution in [1.29, 1.82) is 0 Å². The van der Waals surface area contributed by atoms with Crippen molar-refractivity contribution in [1.82, 2.24) is 9.78 Å². The van der Waals surface area contributed by atoms with Crippen molar-refractivity contribution >= 4 is 23.2 Å². The smallest absolute Gasteiger partial charge is 0.262 e. The van der Waals surface area contributed by atoms with Gasteiger partial charge in [-0.05, 0) is 32.0 Å². The molecule has 5 nitrogen and oxygen atoms in total. The summed E-state index contributed by atoms with van der Waals surface area (Å²) in [7, 11) is 1.80. The summed E-state index contributed by atoms with van der Waals surface area (Å²) in [6.07, 6.45) is 0. The second kappa shape index (κ2) is 6.13. The van der Waals surface area contributed by atoms with Crippen LogP contribution in [0.2, 0.25) is 5.02 Å². The number of aromatic nitrogens is 2. The van der Waals surface area contributed by atoms with E-state index in [-0.39, 0.29) is 23.3 Å². The van der Waals surface area contributed by atoms with Gasteiger partial charge in [-0.25, -0.2) is 4.39 Å². The minimum atomic E-state index is -0.460. The number of aryl methyl sites for hydroxylation is 2. The van der Waals surface area contributed by atoms with Gasteiger partial charge in [0.1, 0.15) is 11.6 Å². The van der Waals surface area contributed by atoms with Gasteiger partial charge < -0.3 is 10.1 Å². The molecular weight excluding hydrogens is 297 g/mol. The maximum atomic E-state index is 12.9. The van der Waals surface area contributed by atoms with Gasteiger partial charge in [-0.3, -0.25) is 9.48 Å². The fraction of sp³-hybridized carbons (Fsp3) is 0.286. The highest BCUT2D eigenvalue weighted by molar-refractivity contribution is 6.32. The standard InChI is InChI=1S/C14H15ClFN3O2/c1-8-14(9(2)19(3)18-8)17-13(20)7-21-12-5-4-10(16)6-11(12)15/h4-6H,7H2,1-3H3,(H,17,20). The monoisotopic (exact) mass is 311 g/mol. The molecule has 2 aromatic rings. The first-order valence-electron chi connectivity index (χ1n) is 6.26. The minimum absolute atomic E-state index is 0.122. The second-order valence-electron chi connectivity index (χ2n) is 4.58. The van der Waals surface area contributed by atoms with Crippen LogP contribution in [0.3, 0.4) is 0 Å². The van der Waals surface area contributed by atoms with Crippen LogP contribution in [0, 0.1) is 19.7 Å². The predicted molar refractivity (Wildman–Crippen MR) is 78.2 cm³/mol. The van der Waals surface area contributed by atoms with Crippen molar-refractivity contribution in [3.8, 4) is 5.75 Å². The van der Waals surface area contributed by atoms with Gasteiger partial charge in [0.15, 0.2) is 6.61 Å². The molecule has 0 saturated carbocycles. The zero-order chi connectivity index (χ0) is 15.6. The van der Waals surface area contributed by atoms with Crippen molar-refractivity contribution in [3.63, 3.8) is 0 Å². The molecule has 1 N–H and O–H groups in total. The number of carbonyl (C=O) groups excluding carboxylic acids is 1. The van der Waals surface area contributed by atoms with Crippen molar-refractivity contribution in [2.75, 3.05) is 11.9 Å². The van der Waals surface area contributed by atoms with Gasteiger partial charge in [-0.15, -0.1) is 0 Å². The number of halogens is 2. The van der Waals surface area contributed by atoms with E-state index in [0.717, 1.165) is 17.5 Å². The van der Waals surface area contributed by atoms with Crippen molar-refractivity contribution < 1.29 is 13.9 Å². The minimum Gasteiger partial charge on any atom is -0.482 e. The number of hydrogen-bond donors (Lipinski definition) is 1. The summed E-state index contributed by atoms with van der Waals surface area (Å²) in [4.78, 5) is 11.9. The summed E-state index contributed by atoms with van der Waals surface area (Å²) in [5.41, 5.74) is 2.24. The van der Waals surface area contributed by atoms with Crippen molar-refractivity contribution in [2.45, 2.75) is 13.8 Å². The number of amides is 1. The molecule has 0 aliphatic heterocycles. The first-order chi connectivity index (χ1) is 9.88. The number of nitrogens with one attached hydrogen (secondary N) is 1. The van der Waals surface area contributed by atoms with Gasteiger partial charge in [0.2, 0.25) is 0 Å². The summed E-state index contributed by atoms with van der Waals surface area (Å²) in [6.45, 7) is 3.44. The van der Waals surface area contributed by atoms with Gasteiger partial charge in [0, 0.05) is 7.05 Å². The topological polar surface area (TPSA) is 56.2 Å². The number of anilines is 1. The summed E-state index contributed by atoms with van der Waals surface area (Å²) in [5.74, 6) is -0.541. The molecule has 1 aromatic carbocycles. The Bertz CT molecular complexity index is 685. The van der Waals surface area contributed by atoms with E-state index in [1.807, 2.05) is 6.92 Å². The van der Waals surface area contributed by atoms with Crippen molar-refractivity contribution in [3.05, 3.63) is 40.4 Å². The molecule has 0 unspecified atom stereocenters. The third-order valence-corrected chi connectivity index (χ3v) is 3.32. The first-order valence-corrected chi connectivity index (χ1v) is 6.64. The summed E-state index contributed by atoms with van der Waals surface area (Å²) >= 11 is 5.82. The molecule has 2 rings (SSSR count). The van der Waals surface area contributed by atoms with Crippen LogP contribution in [-0.4, -0.2) is 22.3 Å². The molecular formula is C14H15ClFN3O2. The van der Waals surface area contributed by atoms with Crippen LogP contribution < -0.4 is 10.1 Å². The molecule has 21 heavy (non-hydrogen) atoms. The van der Waals surface area contributed by atoms with E-state index in [0.29, 0.717) is 5.69 Å². The first kappa shape index (κ1) is 15.3. The van der Waals surface area contributed by atoms with Gasteiger partial charge in [-0.1, -0.05) is 11.6 Å². The maximum absolute atomic E-state index is 12.9. The molecule has 112 valence electrons. The van der Waals surface area contributed by atoms with E-state index in [9.17, 15) is 9.18 Å². The number of rotatable bonds is 4. The lowest BCUT2D eigenvalue weighted by molar-refractivity contribution is -0.118. The Morgan fingerprint density at radius 3 is 2.76 bits per heavy atom. The zero-order valence-electron chi connectivity index (χ0n) is 11.9. The fourth-order valence-electron chi connectivity index (χ4n) is 1.87. The quantitative estimate of drug-likeness (QED) is 0.944. The third-order valence-electron chi connectivity index (χ3n) is 3.03. The van der Waals surface area contributed by atoms with Gasteiger partial charge in [0.25, 0.3) is 5.91 Å².